The van der Waals surface area contributed by atoms with Crippen LogP contribution in [0.4, 0.5) is 0 Å². The molecule has 2 aromatic rings. The Kier molecular flexibility index (Phi) is 4.15. The summed E-state index contributed by atoms with van der Waals surface area (Å²) in [6.45, 7) is 2.74. The molecule has 4 nitrogen and oxygen atoms in total. The molecule has 1 aromatic heterocycles. The van der Waals surface area contributed by atoms with Gasteiger partial charge in [0.05, 0.1) is 12.3 Å². The van der Waals surface area contributed by atoms with E-state index in [-0.39, 0.29) is 6.04 Å². The summed E-state index contributed by atoms with van der Waals surface area (Å²) in [7, 11) is 1.98. The fourth-order valence-corrected chi connectivity index (χ4v) is 2.82. The number of benzene rings is 1. The van der Waals surface area contributed by atoms with Crippen molar-refractivity contribution in [3.8, 4) is 5.75 Å². The second-order valence-corrected chi connectivity index (χ2v) is 5.45. The van der Waals surface area contributed by atoms with Gasteiger partial charge >= 0.3 is 0 Å². The minimum atomic E-state index is 0.260. The van der Waals surface area contributed by atoms with E-state index in [1.807, 2.05) is 26.2 Å². The first-order valence-corrected chi connectivity index (χ1v) is 7.47. The topological polar surface area (TPSA) is 47.0 Å². The van der Waals surface area contributed by atoms with Crippen molar-refractivity contribution < 1.29 is 4.74 Å². The van der Waals surface area contributed by atoms with Crippen molar-refractivity contribution in [3.05, 3.63) is 53.1 Å². The number of nitrogens with one attached hydrogen (secondary N) is 1. The van der Waals surface area contributed by atoms with Gasteiger partial charge in [0.1, 0.15) is 11.6 Å². The molecule has 0 bridgehead atoms. The second-order valence-electron chi connectivity index (χ2n) is 5.45. The lowest BCUT2D eigenvalue weighted by molar-refractivity contribution is 0.357. The lowest BCUT2D eigenvalue weighted by Gasteiger charge is -2.16. The van der Waals surface area contributed by atoms with Gasteiger partial charge in [-0.15, -0.1) is 0 Å². The quantitative estimate of drug-likeness (QED) is 0.916. The summed E-state index contributed by atoms with van der Waals surface area (Å²) in [4.78, 5) is 8.68. The summed E-state index contributed by atoms with van der Waals surface area (Å²) >= 11 is 0. The number of rotatable bonds is 5. The summed E-state index contributed by atoms with van der Waals surface area (Å²) in [5.41, 5.74) is 3.77. The Balaban J connectivity index is 1.68. The van der Waals surface area contributed by atoms with Crippen LogP contribution in [0.5, 0.6) is 5.75 Å². The molecule has 0 spiro atoms. The Bertz CT molecular complexity index is 627. The van der Waals surface area contributed by atoms with Crippen LogP contribution in [0.25, 0.3) is 0 Å². The van der Waals surface area contributed by atoms with Crippen molar-refractivity contribution in [2.45, 2.75) is 32.2 Å². The molecule has 21 heavy (non-hydrogen) atoms. The number of fused-ring (bicyclic) bond motifs is 1. The van der Waals surface area contributed by atoms with E-state index in [4.69, 9.17) is 4.74 Å². The molecule has 1 N–H and O–H groups in total. The van der Waals surface area contributed by atoms with Gasteiger partial charge in [0, 0.05) is 18.7 Å². The molecule has 0 saturated heterocycles. The fourth-order valence-electron chi connectivity index (χ4n) is 2.82. The SMILES string of the molecule is CNC(CCc1ccc2c(c1)CCO2)c1ccnc(C)n1. The molecule has 0 aliphatic carbocycles. The van der Waals surface area contributed by atoms with Crippen molar-refractivity contribution in [2.75, 3.05) is 13.7 Å². The van der Waals surface area contributed by atoms with Crippen LogP contribution in [-0.4, -0.2) is 23.6 Å². The van der Waals surface area contributed by atoms with Crippen LogP contribution in [0.2, 0.25) is 0 Å². The molecule has 1 aliphatic rings. The highest BCUT2D eigenvalue weighted by molar-refractivity contribution is 5.39. The molecule has 1 atom stereocenters. The van der Waals surface area contributed by atoms with E-state index in [2.05, 4.69) is 33.5 Å². The summed E-state index contributed by atoms with van der Waals surface area (Å²) in [6, 6.07) is 8.80. The summed E-state index contributed by atoms with van der Waals surface area (Å²) in [6.07, 6.45) is 4.91. The van der Waals surface area contributed by atoms with Crippen LogP contribution >= 0.6 is 0 Å². The van der Waals surface area contributed by atoms with E-state index in [9.17, 15) is 0 Å². The molecular weight excluding hydrogens is 262 g/mol. The number of aryl methyl sites for hydroxylation is 2. The zero-order valence-electron chi connectivity index (χ0n) is 12.6. The van der Waals surface area contributed by atoms with Crippen molar-refractivity contribution in [2.24, 2.45) is 0 Å². The van der Waals surface area contributed by atoms with Gasteiger partial charge in [0.25, 0.3) is 0 Å². The molecule has 4 heteroatoms. The minimum Gasteiger partial charge on any atom is -0.493 e. The maximum atomic E-state index is 5.55. The van der Waals surface area contributed by atoms with Gasteiger partial charge in [-0.3, -0.25) is 0 Å². The lowest BCUT2D eigenvalue weighted by Crippen LogP contribution is -2.19. The van der Waals surface area contributed by atoms with Crippen molar-refractivity contribution in [1.82, 2.24) is 15.3 Å². The molecule has 1 aliphatic heterocycles. The number of hydrogen-bond donors (Lipinski definition) is 1. The predicted molar refractivity (Wildman–Crippen MR) is 82.5 cm³/mol. The normalized spacial score (nSPS) is 14.6. The monoisotopic (exact) mass is 283 g/mol. The van der Waals surface area contributed by atoms with E-state index >= 15 is 0 Å². The number of nitrogens with zero attached hydrogens (tertiary/aromatic N) is 2. The van der Waals surface area contributed by atoms with Crippen molar-refractivity contribution in [1.29, 1.82) is 0 Å². The van der Waals surface area contributed by atoms with E-state index in [1.54, 1.807) is 0 Å². The van der Waals surface area contributed by atoms with E-state index < -0.39 is 0 Å². The third kappa shape index (κ3) is 3.22. The molecule has 2 heterocycles. The third-order valence-corrected chi connectivity index (χ3v) is 3.98. The first kappa shape index (κ1) is 14.0. The molecule has 0 fully saturated rings. The van der Waals surface area contributed by atoms with Crippen LogP contribution in [0.3, 0.4) is 0 Å². The minimum absolute atomic E-state index is 0.260. The Hall–Kier alpha value is -1.94. The summed E-state index contributed by atoms with van der Waals surface area (Å²) < 4.78 is 5.55. The van der Waals surface area contributed by atoms with E-state index in [1.165, 1.54) is 11.1 Å². The Morgan fingerprint density at radius 2 is 2.24 bits per heavy atom. The highest BCUT2D eigenvalue weighted by Crippen LogP contribution is 2.27. The van der Waals surface area contributed by atoms with Gasteiger partial charge < -0.3 is 10.1 Å². The Labute approximate surface area is 125 Å². The molecule has 0 radical (unpaired) electrons. The van der Waals surface area contributed by atoms with Gasteiger partial charge in [0.2, 0.25) is 0 Å². The molecule has 1 unspecified atom stereocenters. The molecular formula is C17H21N3O. The second kappa shape index (κ2) is 6.22. The maximum absolute atomic E-state index is 5.55. The van der Waals surface area contributed by atoms with Crippen LogP contribution in [0, 0.1) is 6.92 Å². The highest BCUT2D eigenvalue weighted by atomic mass is 16.5. The van der Waals surface area contributed by atoms with Crippen LogP contribution < -0.4 is 10.1 Å². The molecule has 3 rings (SSSR count). The molecule has 1 aromatic carbocycles. The molecule has 0 amide bonds. The third-order valence-electron chi connectivity index (χ3n) is 3.98. The van der Waals surface area contributed by atoms with E-state index in [0.29, 0.717) is 0 Å². The van der Waals surface area contributed by atoms with Gasteiger partial charge in [0.15, 0.2) is 0 Å². The molecule has 0 saturated carbocycles. The van der Waals surface area contributed by atoms with Gasteiger partial charge in [-0.1, -0.05) is 12.1 Å². The van der Waals surface area contributed by atoms with Crippen molar-refractivity contribution >= 4 is 0 Å². The first-order valence-electron chi connectivity index (χ1n) is 7.47. The average molecular weight is 283 g/mol. The van der Waals surface area contributed by atoms with Crippen LogP contribution in [0.1, 0.15) is 35.1 Å². The van der Waals surface area contributed by atoms with Gasteiger partial charge in [-0.25, -0.2) is 9.97 Å². The number of aromatic nitrogens is 2. The van der Waals surface area contributed by atoms with E-state index in [0.717, 1.165) is 43.1 Å². The Morgan fingerprint density at radius 1 is 1.33 bits per heavy atom. The highest BCUT2D eigenvalue weighted by Gasteiger charge is 2.14. The zero-order chi connectivity index (χ0) is 14.7. The fraction of sp³-hybridized carbons (Fsp3) is 0.412. The lowest BCUT2D eigenvalue weighted by atomic mass is 10.0. The number of ether oxygens (including phenoxy) is 1. The largest absolute Gasteiger partial charge is 0.493 e. The number of hydrogen-bond acceptors (Lipinski definition) is 4. The first-order chi connectivity index (χ1) is 10.3. The average Bonchev–Trinajstić information content (AvgIpc) is 2.95. The zero-order valence-corrected chi connectivity index (χ0v) is 12.6. The maximum Gasteiger partial charge on any atom is 0.125 e. The Morgan fingerprint density at radius 3 is 3.05 bits per heavy atom. The predicted octanol–water partition coefficient (Wildman–Crippen LogP) is 2.61. The molecule has 110 valence electrons. The summed E-state index contributed by atoms with van der Waals surface area (Å²) in [5.74, 6) is 1.87. The van der Waals surface area contributed by atoms with Crippen molar-refractivity contribution in [3.63, 3.8) is 0 Å². The standard InChI is InChI=1S/C17H21N3O/c1-12-19-9-7-16(20-12)15(18-2)5-3-13-4-6-17-14(11-13)8-10-21-17/h4,6-7,9,11,15,18H,3,5,8,10H2,1-2H3. The van der Waals surface area contributed by atoms with Crippen LogP contribution in [0.15, 0.2) is 30.5 Å². The summed E-state index contributed by atoms with van der Waals surface area (Å²) in [5, 5.41) is 3.35. The van der Waals surface area contributed by atoms with Crippen LogP contribution in [-0.2, 0) is 12.8 Å². The van der Waals surface area contributed by atoms with Gasteiger partial charge in [-0.05, 0) is 50.1 Å². The van der Waals surface area contributed by atoms with Gasteiger partial charge in [-0.2, -0.15) is 0 Å². The smallest absolute Gasteiger partial charge is 0.125 e.